The number of anilines is 1. The van der Waals surface area contributed by atoms with E-state index in [4.69, 9.17) is 4.74 Å². The Bertz CT molecular complexity index is 877. The van der Waals surface area contributed by atoms with Gasteiger partial charge in [-0.1, -0.05) is 6.07 Å². The molecule has 31 heavy (non-hydrogen) atoms. The van der Waals surface area contributed by atoms with E-state index in [1.54, 1.807) is 6.07 Å². The average Bonchev–Trinajstić information content (AvgIpc) is 2.70. The van der Waals surface area contributed by atoms with Crippen LogP contribution in [0.15, 0.2) is 18.2 Å². The number of fused-ring (bicyclic) bond motifs is 1. The number of nitrogens with one attached hydrogen (secondary N) is 3. The number of hydrogen-bond donors (Lipinski definition) is 3. The molecule has 0 aromatic heterocycles. The van der Waals surface area contributed by atoms with Crippen molar-refractivity contribution in [2.75, 3.05) is 18.5 Å². The molecule has 0 radical (unpaired) electrons. The van der Waals surface area contributed by atoms with E-state index in [9.17, 15) is 14.4 Å². The smallest absolute Gasteiger partial charge is 0.262 e. The van der Waals surface area contributed by atoms with Crippen LogP contribution in [0, 0.1) is 23.2 Å². The van der Waals surface area contributed by atoms with Gasteiger partial charge in [-0.3, -0.25) is 14.4 Å². The van der Waals surface area contributed by atoms with Crippen LogP contribution < -0.4 is 20.7 Å². The van der Waals surface area contributed by atoms with E-state index < -0.39 is 0 Å². The van der Waals surface area contributed by atoms with E-state index in [1.165, 1.54) is 38.5 Å². The fourth-order valence-electron chi connectivity index (χ4n) is 6.83. The maximum Gasteiger partial charge on any atom is 0.262 e. The highest BCUT2D eigenvalue weighted by atomic mass is 16.5. The molecule has 3 N–H and O–H groups in total. The first-order valence-corrected chi connectivity index (χ1v) is 11.5. The summed E-state index contributed by atoms with van der Waals surface area (Å²) in [5.74, 6) is 2.66. The van der Waals surface area contributed by atoms with Gasteiger partial charge in [-0.25, -0.2) is 0 Å². The van der Waals surface area contributed by atoms with E-state index in [1.807, 2.05) is 19.1 Å². The number of ether oxygens (including phenoxy) is 1. The van der Waals surface area contributed by atoms with Gasteiger partial charge in [0.05, 0.1) is 18.3 Å². The van der Waals surface area contributed by atoms with Crippen LogP contribution in [0.25, 0.3) is 0 Å². The summed E-state index contributed by atoms with van der Waals surface area (Å²) in [6.07, 6.45) is 8.21. The largest absolute Gasteiger partial charge is 0.482 e. The zero-order valence-electron chi connectivity index (χ0n) is 18.0. The van der Waals surface area contributed by atoms with Gasteiger partial charge in [0, 0.05) is 6.42 Å². The number of amides is 3. The molecule has 1 atom stereocenters. The molecule has 3 amide bonds. The van der Waals surface area contributed by atoms with Gasteiger partial charge in [0.1, 0.15) is 5.75 Å². The molecule has 7 nitrogen and oxygen atoms in total. The predicted molar refractivity (Wildman–Crippen MR) is 115 cm³/mol. The Balaban J connectivity index is 1.11. The molecule has 1 aromatic carbocycles. The summed E-state index contributed by atoms with van der Waals surface area (Å²) < 4.78 is 5.37. The average molecular weight is 426 g/mol. The summed E-state index contributed by atoms with van der Waals surface area (Å²) in [7, 11) is 0. The fourth-order valence-corrected chi connectivity index (χ4v) is 6.83. The Kier molecular flexibility index (Phi) is 5.15. The van der Waals surface area contributed by atoms with Crippen molar-refractivity contribution in [3.63, 3.8) is 0 Å². The molecule has 1 aromatic rings. The number of hydrogen-bond acceptors (Lipinski definition) is 4. The first-order valence-electron chi connectivity index (χ1n) is 11.5. The second-order valence-corrected chi connectivity index (χ2v) is 10.3. The van der Waals surface area contributed by atoms with Crippen LogP contribution in [0.1, 0.15) is 63.5 Å². The molecule has 4 aliphatic carbocycles. The molecular weight excluding hydrogens is 394 g/mol. The van der Waals surface area contributed by atoms with Crippen molar-refractivity contribution >= 4 is 23.4 Å². The van der Waals surface area contributed by atoms with Gasteiger partial charge in [0.2, 0.25) is 11.8 Å². The maximum absolute atomic E-state index is 12.6. The molecule has 0 spiro atoms. The molecular formula is C24H31N3O4. The number of carbonyl (C=O) groups excluding carboxylic acids is 3. The van der Waals surface area contributed by atoms with E-state index in [-0.39, 0.29) is 42.3 Å². The summed E-state index contributed by atoms with van der Waals surface area (Å²) in [5.41, 5.74) is 1.65. The number of carbonyl (C=O) groups is 3. The Morgan fingerprint density at radius 1 is 1.13 bits per heavy atom. The Morgan fingerprint density at radius 2 is 1.81 bits per heavy atom. The second-order valence-electron chi connectivity index (χ2n) is 10.3. The first-order chi connectivity index (χ1) is 14.9. The molecule has 7 heteroatoms. The molecule has 4 saturated carbocycles. The Morgan fingerprint density at radius 3 is 2.48 bits per heavy atom. The van der Waals surface area contributed by atoms with Crippen LogP contribution in [0.4, 0.5) is 5.69 Å². The van der Waals surface area contributed by atoms with Crippen LogP contribution in [-0.2, 0) is 14.4 Å². The number of rotatable bonds is 6. The van der Waals surface area contributed by atoms with Crippen molar-refractivity contribution < 1.29 is 19.1 Å². The Hall–Kier alpha value is -2.57. The van der Waals surface area contributed by atoms with E-state index in [0.29, 0.717) is 17.9 Å². The van der Waals surface area contributed by atoms with Crippen molar-refractivity contribution in [2.24, 2.45) is 23.2 Å². The fraction of sp³-hybridized carbons (Fsp3) is 0.625. The van der Waals surface area contributed by atoms with Crippen molar-refractivity contribution in [1.29, 1.82) is 0 Å². The van der Waals surface area contributed by atoms with Gasteiger partial charge in [0.15, 0.2) is 6.61 Å². The zero-order chi connectivity index (χ0) is 21.6. The van der Waals surface area contributed by atoms with Crippen LogP contribution >= 0.6 is 0 Å². The highest BCUT2D eigenvalue weighted by Crippen LogP contribution is 2.61. The quantitative estimate of drug-likeness (QED) is 0.653. The van der Waals surface area contributed by atoms with Crippen LogP contribution in [-0.4, -0.2) is 30.9 Å². The Labute approximate surface area is 182 Å². The van der Waals surface area contributed by atoms with Gasteiger partial charge in [-0.2, -0.15) is 0 Å². The summed E-state index contributed by atoms with van der Waals surface area (Å²) in [5, 5.41) is 8.54. The van der Waals surface area contributed by atoms with Gasteiger partial charge < -0.3 is 20.7 Å². The third-order valence-electron chi connectivity index (χ3n) is 7.66. The van der Waals surface area contributed by atoms with Crippen molar-refractivity contribution in [1.82, 2.24) is 10.6 Å². The SMILES string of the molecule is CC(NC(=O)CNC(=O)CC12CC3CC(CC(C3)C1)C2)c1ccc2c(c1)NC(=O)CO2. The second kappa shape index (κ2) is 7.84. The maximum atomic E-state index is 12.6. The van der Waals surface area contributed by atoms with Crippen molar-refractivity contribution in [3.8, 4) is 5.75 Å². The molecule has 5 aliphatic rings. The topological polar surface area (TPSA) is 96.5 Å². The third kappa shape index (κ3) is 4.27. The lowest BCUT2D eigenvalue weighted by molar-refractivity contribution is -0.132. The highest BCUT2D eigenvalue weighted by Gasteiger charge is 2.51. The van der Waals surface area contributed by atoms with Gasteiger partial charge in [0.25, 0.3) is 5.91 Å². The normalized spacial score (nSPS) is 31.3. The minimum atomic E-state index is -0.253. The lowest BCUT2D eigenvalue weighted by Gasteiger charge is -2.56. The summed E-state index contributed by atoms with van der Waals surface area (Å²) in [6, 6.07) is 5.22. The first kappa shape index (κ1) is 20.3. The van der Waals surface area contributed by atoms with E-state index in [0.717, 1.165) is 23.3 Å². The van der Waals surface area contributed by atoms with Crippen LogP contribution in [0.2, 0.25) is 0 Å². The summed E-state index contributed by atoms with van der Waals surface area (Å²) >= 11 is 0. The highest BCUT2D eigenvalue weighted by molar-refractivity contribution is 5.95. The molecule has 0 saturated heterocycles. The van der Waals surface area contributed by atoms with Gasteiger partial charge in [-0.15, -0.1) is 0 Å². The predicted octanol–water partition coefficient (Wildman–Crippen LogP) is 2.92. The summed E-state index contributed by atoms with van der Waals surface area (Å²) in [4.78, 5) is 36.6. The van der Waals surface area contributed by atoms with E-state index in [2.05, 4.69) is 16.0 Å². The van der Waals surface area contributed by atoms with Gasteiger partial charge in [-0.05, 0) is 86.3 Å². The third-order valence-corrected chi connectivity index (χ3v) is 7.66. The minimum absolute atomic E-state index is 0.00149. The van der Waals surface area contributed by atoms with Gasteiger partial charge >= 0.3 is 0 Å². The number of benzene rings is 1. The van der Waals surface area contributed by atoms with Crippen molar-refractivity contribution in [2.45, 2.75) is 57.9 Å². The summed E-state index contributed by atoms with van der Waals surface area (Å²) in [6.45, 7) is 1.88. The lowest BCUT2D eigenvalue weighted by Crippen LogP contribution is -2.48. The minimum Gasteiger partial charge on any atom is -0.482 e. The molecule has 4 fully saturated rings. The lowest BCUT2D eigenvalue weighted by atomic mass is 9.49. The molecule has 166 valence electrons. The standard InChI is InChI=1S/C24H31N3O4/c1-14(18-2-3-20-19(7-18)27-23(30)13-31-20)26-22(29)12-25-21(28)11-24-8-15-4-16(9-24)6-17(5-15)10-24/h2-3,7,14-17H,4-6,8-13H2,1H3,(H,25,28)(H,26,29)(H,27,30). The van der Waals surface area contributed by atoms with Crippen molar-refractivity contribution in [3.05, 3.63) is 23.8 Å². The molecule has 1 aliphatic heterocycles. The van der Waals surface area contributed by atoms with E-state index >= 15 is 0 Å². The monoisotopic (exact) mass is 425 g/mol. The zero-order valence-corrected chi connectivity index (χ0v) is 18.0. The molecule has 4 bridgehead atoms. The van der Waals surface area contributed by atoms with Crippen LogP contribution in [0.5, 0.6) is 5.75 Å². The molecule has 1 heterocycles. The molecule has 1 unspecified atom stereocenters. The molecule has 6 rings (SSSR count). The van der Waals surface area contributed by atoms with Crippen LogP contribution in [0.3, 0.4) is 0 Å².